The number of nitrogens with zero attached hydrogens (tertiary/aromatic N) is 6. The molecule has 0 spiro atoms. The predicted molar refractivity (Wildman–Crippen MR) is 100 cm³/mol. The highest BCUT2D eigenvalue weighted by atomic mass is 16.2. The summed E-state index contributed by atoms with van der Waals surface area (Å²) in [5.74, 6) is 2.35. The van der Waals surface area contributed by atoms with Gasteiger partial charge in [-0.15, -0.1) is 15.3 Å². The Hall–Kier alpha value is -2.18. The molecule has 140 valence electrons. The van der Waals surface area contributed by atoms with E-state index in [1.54, 1.807) is 0 Å². The Morgan fingerprint density at radius 3 is 2.50 bits per heavy atom. The van der Waals surface area contributed by atoms with Crippen LogP contribution in [0.5, 0.6) is 0 Å². The average molecular weight is 356 g/mol. The highest BCUT2D eigenvalue weighted by Gasteiger charge is 2.36. The summed E-state index contributed by atoms with van der Waals surface area (Å²) in [5, 5.41) is 13.3. The van der Waals surface area contributed by atoms with E-state index >= 15 is 0 Å². The van der Waals surface area contributed by atoms with E-state index in [1.807, 2.05) is 28.6 Å². The number of carbonyl (C=O) groups excluding carboxylic acids is 1. The Balaban J connectivity index is 1.46. The summed E-state index contributed by atoms with van der Waals surface area (Å²) in [7, 11) is 1.96. The number of likely N-dealkylation sites (N-methyl/N-ethyl adjacent to an activating group) is 1. The molecule has 3 heterocycles. The molecule has 7 nitrogen and oxygen atoms in total. The van der Waals surface area contributed by atoms with Gasteiger partial charge in [0.25, 0.3) is 0 Å². The van der Waals surface area contributed by atoms with Crippen molar-refractivity contribution < 1.29 is 4.79 Å². The van der Waals surface area contributed by atoms with Gasteiger partial charge in [0.1, 0.15) is 5.82 Å². The molecule has 0 atom stereocenters. The minimum absolute atomic E-state index is 0.115. The summed E-state index contributed by atoms with van der Waals surface area (Å²) in [5.41, 5.74) is 0.653. The number of anilines is 1. The van der Waals surface area contributed by atoms with Crippen molar-refractivity contribution in [1.82, 2.24) is 24.7 Å². The van der Waals surface area contributed by atoms with E-state index in [1.165, 1.54) is 12.8 Å². The van der Waals surface area contributed by atoms with E-state index in [0.29, 0.717) is 5.91 Å². The molecule has 1 saturated heterocycles. The Kier molecular flexibility index (Phi) is 4.12. The predicted octanol–water partition coefficient (Wildman–Crippen LogP) is 2.26. The molecule has 2 aromatic heterocycles. The average Bonchev–Trinajstić information content (AvgIpc) is 3.21. The van der Waals surface area contributed by atoms with Crippen LogP contribution in [0.3, 0.4) is 0 Å². The zero-order valence-electron chi connectivity index (χ0n) is 16.1. The second-order valence-electron chi connectivity index (χ2n) is 8.72. The topological polar surface area (TPSA) is 66.6 Å². The standard InChI is InChI=1S/C19H28N6O/c1-19(2,3)18-21-20-15-9-10-16(22-25(15)18)24-11-14(12-24)23(4)17(26)13-7-5-6-8-13/h9-10,13-14H,5-8,11-12H2,1-4H3. The van der Waals surface area contributed by atoms with E-state index in [9.17, 15) is 4.79 Å². The first-order chi connectivity index (χ1) is 12.3. The first kappa shape index (κ1) is 17.2. The quantitative estimate of drug-likeness (QED) is 0.844. The fourth-order valence-corrected chi connectivity index (χ4v) is 3.94. The first-order valence-electron chi connectivity index (χ1n) is 9.59. The van der Waals surface area contributed by atoms with Crippen LogP contribution in [-0.4, -0.2) is 56.8 Å². The van der Waals surface area contributed by atoms with Gasteiger partial charge in [0, 0.05) is 31.5 Å². The van der Waals surface area contributed by atoms with E-state index in [2.05, 4.69) is 35.9 Å². The Bertz CT molecular complexity index is 811. The van der Waals surface area contributed by atoms with Crippen molar-refractivity contribution in [1.29, 1.82) is 0 Å². The van der Waals surface area contributed by atoms with Gasteiger partial charge in [0.15, 0.2) is 11.5 Å². The zero-order valence-corrected chi connectivity index (χ0v) is 16.1. The summed E-state index contributed by atoms with van der Waals surface area (Å²) < 4.78 is 1.84. The minimum atomic E-state index is -0.115. The summed E-state index contributed by atoms with van der Waals surface area (Å²) in [4.78, 5) is 16.8. The highest BCUT2D eigenvalue weighted by molar-refractivity contribution is 5.79. The maximum Gasteiger partial charge on any atom is 0.225 e. The van der Waals surface area contributed by atoms with Crippen LogP contribution in [0.15, 0.2) is 12.1 Å². The molecule has 0 unspecified atom stereocenters. The lowest BCUT2D eigenvalue weighted by molar-refractivity contribution is -0.136. The van der Waals surface area contributed by atoms with Gasteiger partial charge in [0.2, 0.25) is 5.91 Å². The number of amides is 1. The molecule has 2 aromatic rings. The van der Waals surface area contributed by atoms with Gasteiger partial charge in [0.05, 0.1) is 6.04 Å². The van der Waals surface area contributed by atoms with E-state index in [4.69, 9.17) is 5.10 Å². The van der Waals surface area contributed by atoms with Gasteiger partial charge in [-0.2, -0.15) is 4.52 Å². The van der Waals surface area contributed by atoms with E-state index < -0.39 is 0 Å². The molecule has 7 heteroatoms. The summed E-state index contributed by atoms with van der Waals surface area (Å²) >= 11 is 0. The van der Waals surface area contributed by atoms with Crippen LogP contribution >= 0.6 is 0 Å². The van der Waals surface area contributed by atoms with Crippen LogP contribution in [0.25, 0.3) is 5.65 Å². The maximum absolute atomic E-state index is 12.6. The molecule has 1 amide bonds. The van der Waals surface area contributed by atoms with E-state index in [-0.39, 0.29) is 17.4 Å². The van der Waals surface area contributed by atoms with Crippen molar-refractivity contribution in [2.45, 2.75) is 57.9 Å². The monoisotopic (exact) mass is 356 g/mol. The summed E-state index contributed by atoms with van der Waals surface area (Å²) in [6.07, 6.45) is 4.50. The molecule has 0 aromatic carbocycles. The van der Waals surface area contributed by atoms with Crippen molar-refractivity contribution in [2.24, 2.45) is 5.92 Å². The number of hydrogen-bond donors (Lipinski definition) is 0. The SMILES string of the molecule is CN(C(=O)C1CCCC1)C1CN(c2ccc3nnc(C(C)(C)C)n3n2)C1. The van der Waals surface area contributed by atoms with Crippen molar-refractivity contribution in [3.05, 3.63) is 18.0 Å². The smallest absolute Gasteiger partial charge is 0.225 e. The fourth-order valence-electron chi connectivity index (χ4n) is 3.94. The highest BCUT2D eigenvalue weighted by Crippen LogP contribution is 2.29. The van der Waals surface area contributed by atoms with Crippen molar-refractivity contribution in [3.63, 3.8) is 0 Å². The fraction of sp³-hybridized carbons (Fsp3) is 0.684. The van der Waals surface area contributed by atoms with Crippen molar-refractivity contribution in [2.75, 3.05) is 25.0 Å². The second-order valence-corrected chi connectivity index (χ2v) is 8.72. The minimum Gasteiger partial charge on any atom is -0.351 e. The molecule has 26 heavy (non-hydrogen) atoms. The van der Waals surface area contributed by atoms with Gasteiger partial charge in [-0.3, -0.25) is 4.79 Å². The lowest BCUT2D eigenvalue weighted by atomic mass is 9.96. The molecule has 0 bridgehead atoms. The number of hydrogen-bond acceptors (Lipinski definition) is 5. The normalized spacial score (nSPS) is 19.2. The number of fused-ring (bicyclic) bond motifs is 1. The molecule has 1 aliphatic carbocycles. The number of rotatable bonds is 3. The molecule has 1 saturated carbocycles. The Morgan fingerprint density at radius 1 is 1.15 bits per heavy atom. The van der Waals surface area contributed by atoms with Gasteiger partial charge in [-0.1, -0.05) is 33.6 Å². The first-order valence-corrected chi connectivity index (χ1v) is 9.59. The molecule has 0 radical (unpaired) electrons. The van der Waals surface area contributed by atoms with Crippen LogP contribution in [-0.2, 0) is 10.2 Å². The Labute approximate surface area is 154 Å². The second kappa shape index (κ2) is 6.21. The molecule has 1 aliphatic heterocycles. The number of aromatic nitrogens is 4. The third-order valence-electron chi connectivity index (χ3n) is 5.71. The van der Waals surface area contributed by atoms with Crippen LogP contribution in [0.2, 0.25) is 0 Å². The number of carbonyl (C=O) groups is 1. The maximum atomic E-state index is 12.6. The lowest BCUT2D eigenvalue weighted by Crippen LogP contribution is -2.60. The molecule has 2 aliphatic rings. The van der Waals surface area contributed by atoms with Crippen LogP contribution < -0.4 is 4.90 Å². The van der Waals surface area contributed by atoms with Gasteiger partial charge >= 0.3 is 0 Å². The molecule has 4 rings (SSSR count). The summed E-state index contributed by atoms with van der Waals surface area (Å²) in [6, 6.07) is 4.24. The van der Waals surface area contributed by atoms with Crippen LogP contribution in [0, 0.1) is 5.92 Å². The zero-order chi connectivity index (χ0) is 18.5. The third-order valence-corrected chi connectivity index (χ3v) is 5.71. The lowest BCUT2D eigenvalue weighted by Gasteiger charge is -2.45. The van der Waals surface area contributed by atoms with Gasteiger partial charge in [-0.05, 0) is 25.0 Å². The molecular formula is C19H28N6O. The molecular weight excluding hydrogens is 328 g/mol. The van der Waals surface area contributed by atoms with Gasteiger partial charge < -0.3 is 9.80 Å². The van der Waals surface area contributed by atoms with E-state index in [0.717, 1.165) is 43.2 Å². The summed E-state index contributed by atoms with van der Waals surface area (Å²) in [6.45, 7) is 8.00. The molecule has 0 N–H and O–H groups in total. The Morgan fingerprint density at radius 2 is 1.85 bits per heavy atom. The molecule has 2 fully saturated rings. The third kappa shape index (κ3) is 2.93. The van der Waals surface area contributed by atoms with Gasteiger partial charge in [-0.25, -0.2) is 0 Å². The largest absolute Gasteiger partial charge is 0.351 e. The van der Waals surface area contributed by atoms with Crippen LogP contribution in [0.4, 0.5) is 5.82 Å². The van der Waals surface area contributed by atoms with Crippen molar-refractivity contribution >= 4 is 17.4 Å². The van der Waals surface area contributed by atoms with Crippen molar-refractivity contribution in [3.8, 4) is 0 Å². The van der Waals surface area contributed by atoms with Crippen LogP contribution in [0.1, 0.15) is 52.3 Å².